The van der Waals surface area contributed by atoms with Gasteiger partial charge in [0, 0.05) is 6.54 Å². The Balaban J connectivity index is 2.17. The number of nitrogens with two attached hydrogens (primary N) is 1. The van der Waals surface area contributed by atoms with Crippen molar-refractivity contribution in [2.24, 2.45) is 0 Å². The topological polar surface area (TPSA) is 81.7 Å². The van der Waals surface area contributed by atoms with Crippen molar-refractivity contribution in [2.75, 3.05) is 11.1 Å². The highest BCUT2D eigenvalue weighted by Gasteiger charge is 2.18. The Morgan fingerprint density at radius 3 is 2.71 bits per heavy atom. The molecule has 1 aromatic carbocycles. The molecule has 0 saturated heterocycles. The highest BCUT2D eigenvalue weighted by molar-refractivity contribution is 7.00. The molecule has 110 valence electrons. The third-order valence-corrected chi connectivity index (χ3v) is 4.28. The van der Waals surface area contributed by atoms with E-state index in [1.807, 2.05) is 13.8 Å². The Bertz CT molecular complexity index is 825. The van der Waals surface area contributed by atoms with Crippen LogP contribution in [0.5, 0.6) is 0 Å². The molecule has 2 aromatic heterocycles. The second kappa shape index (κ2) is 5.32. The number of aromatic nitrogens is 4. The fourth-order valence-electron chi connectivity index (χ4n) is 2.07. The number of hydrogen-bond acceptors (Lipinski definition) is 6. The first-order valence-electron chi connectivity index (χ1n) is 6.23. The largest absolute Gasteiger partial charge is 0.394 e. The molecule has 0 fully saturated rings. The maximum absolute atomic E-state index is 6.29. The van der Waals surface area contributed by atoms with Gasteiger partial charge in [-0.05, 0) is 19.9 Å². The van der Waals surface area contributed by atoms with Crippen molar-refractivity contribution < 1.29 is 0 Å². The summed E-state index contributed by atoms with van der Waals surface area (Å²) in [5, 5.41) is 8.53. The lowest BCUT2D eigenvalue weighted by Gasteiger charge is -2.11. The molecule has 3 rings (SSSR count). The van der Waals surface area contributed by atoms with Gasteiger partial charge in [0.05, 0.1) is 38.8 Å². The third kappa shape index (κ3) is 2.31. The first-order chi connectivity index (χ1) is 10.0. The van der Waals surface area contributed by atoms with E-state index >= 15 is 0 Å². The number of halogens is 2. The van der Waals surface area contributed by atoms with E-state index in [9.17, 15) is 0 Å². The second-order valence-electron chi connectivity index (χ2n) is 4.47. The summed E-state index contributed by atoms with van der Waals surface area (Å²) in [6.07, 6.45) is 0. The van der Waals surface area contributed by atoms with Crippen molar-refractivity contribution in [3.8, 4) is 0 Å². The summed E-state index contributed by atoms with van der Waals surface area (Å²) in [7, 11) is 0. The molecule has 0 radical (unpaired) electrons. The van der Waals surface area contributed by atoms with Crippen LogP contribution >= 0.6 is 34.9 Å². The first-order valence-corrected chi connectivity index (χ1v) is 7.71. The highest BCUT2D eigenvalue weighted by atomic mass is 35.5. The fraction of sp³-hybridized carbons (Fsp3) is 0.250. The van der Waals surface area contributed by atoms with Gasteiger partial charge in [0.2, 0.25) is 0 Å². The molecule has 0 saturated carbocycles. The van der Waals surface area contributed by atoms with Crippen LogP contribution in [0.3, 0.4) is 0 Å². The number of fused-ring (bicyclic) bond motifs is 1. The van der Waals surface area contributed by atoms with Gasteiger partial charge in [-0.15, -0.1) is 0 Å². The molecule has 0 aliphatic heterocycles. The lowest BCUT2D eigenvalue weighted by molar-refractivity contribution is 0.661. The van der Waals surface area contributed by atoms with Crippen molar-refractivity contribution in [3.63, 3.8) is 0 Å². The molecule has 0 aliphatic rings. The molecule has 0 amide bonds. The number of nitrogens with one attached hydrogen (secondary N) is 1. The number of benzene rings is 1. The number of aryl methyl sites for hydroxylation is 2. The summed E-state index contributed by atoms with van der Waals surface area (Å²) < 4.78 is 10.2. The molecule has 3 N–H and O–H groups in total. The van der Waals surface area contributed by atoms with Crippen LogP contribution < -0.4 is 11.1 Å². The normalized spacial score (nSPS) is 11.2. The zero-order valence-electron chi connectivity index (χ0n) is 11.3. The molecule has 3 aromatic rings. The minimum absolute atomic E-state index is 0.459. The summed E-state index contributed by atoms with van der Waals surface area (Å²) in [5.41, 5.74) is 9.29. The molecular weight excluding hydrogens is 331 g/mol. The van der Waals surface area contributed by atoms with Gasteiger partial charge in [0.15, 0.2) is 5.82 Å². The maximum Gasteiger partial charge on any atom is 0.152 e. The standard InChI is InChI=1S/C12H12Cl2N6S/c1-3-20-12(8(15)5(2)17-20)16-9-6(13)4-7(14)10-11(9)19-21-18-10/h4,16H,3,15H2,1-2H3. The van der Waals surface area contributed by atoms with Crippen molar-refractivity contribution in [1.82, 2.24) is 18.5 Å². The van der Waals surface area contributed by atoms with Crippen LogP contribution in [0.25, 0.3) is 11.0 Å². The molecular formula is C12H12Cl2N6S. The Kier molecular flexibility index (Phi) is 3.64. The van der Waals surface area contributed by atoms with Gasteiger partial charge < -0.3 is 11.1 Å². The number of nitrogens with zero attached hydrogens (tertiary/aromatic N) is 4. The zero-order valence-corrected chi connectivity index (χ0v) is 13.6. The Labute approximate surface area is 135 Å². The van der Waals surface area contributed by atoms with Crippen LogP contribution in [0.2, 0.25) is 10.0 Å². The summed E-state index contributed by atoms with van der Waals surface area (Å²) in [5.74, 6) is 0.688. The predicted molar refractivity (Wildman–Crippen MR) is 87.8 cm³/mol. The van der Waals surface area contributed by atoms with E-state index in [1.165, 1.54) is 0 Å². The minimum Gasteiger partial charge on any atom is -0.394 e. The van der Waals surface area contributed by atoms with Crippen LogP contribution in [0.4, 0.5) is 17.2 Å². The van der Waals surface area contributed by atoms with Gasteiger partial charge in [0.25, 0.3) is 0 Å². The number of rotatable bonds is 3. The molecule has 0 unspecified atom stereocenters. The zero-order chi connectivity index (χ0) is 15.1. The summed E-state index contributed by atoms with van der Waals surface area (Å²) in [6.45, 7) is 4.53. The molecule has 0 atom stereocenters. The predicted octanol–water partition coefficient (Wildman–Crippen LogP) is 3.85. The minimum atomic E-state index is 0.459. The van der Waals surface area contributed by atoms with Crippen LogP contribution in [0.15, 0.2) is 6.07 Å². The van der Waals surface area contributed by atoms with E-state index in [4.69, 9.17) is 28.9 Å². The van der Waals surface area contributed by atoms with Gasteiger partial charge in [-0.3, -0.25) is 0 Å². The van der Waals surface area contributed by atoms with Crippen molar-refractivity contribution in [2.45, 2.75) is 20.4 Å². The van der Waals surface area contributed by atoms with Crippen LogP contribution in [0.1, 0.15) is 12.6 Å². The summed E-state index contributed by atoms with van der Waals surface area (Å²) in [4.78, 5) is 0. The van der Waals surface area contributed by atoms with Crippen molar-refractivity contribution in [1.29, 1.82) is 0 Å². The molecule has 2 heterocycles. The van der Waals surface area contributed by atoms with Gasteiger partial charge in [-0.2, -0.15) is 13.8 Å². The smallest absolute Gasteiger partial charge is 0.152 e. The summed E-state index contributed by atoms with van der Waals surface area (Å²) >= 11 is 13.5. The fourth-order valence-corrected chi connectivity index (χ4v) is 3.23. The lowest BCUT2D eigenvalue weighted by atomic mass is 10.2. The van der Waals surface area contributed by atoms with Gasteiger partial charge in [-0.1, -0.05) is 23.2 Å². The molecule has 0 bridgehead atoms. The number of hydrogen-bond donors (Lipinski definition) is 2. The van der Waals surface area contributed by atoms with Crippen LogP contribution in [-0.4, -0.2) is 18.5 Å². The SMILES string of the molecule is CCn1nc(C)c(N)c1Nc1c(Cl)cc(Cl)c2nsnc12. The molecule has 21 heavy (non-hydrogen) atoms. The quantitative estimate of drug-likeness (QED) is 0.755. The Morgan fingerprint density at radius 1 is 1.29 bits per heavy atom. The highest BCUT2D eigenvalue weighted by Crippen LogP contribution is 2.38. The van der Waals surface area contributed by atoms with Gasteiger partial charge in [0.1, 0.15) is 11.0 Å². The first kappa shape index (κ1) is 14.4. The van der Waals surface area contributed by atoms with E-state index in [0.717, 1.165) is 17.4 Å². The van der Waals surface area contributed by atoms with Crippen molar-refractivity contribution >= 4 is 63.2 Å². The van der Waals surface area contributed by atoms with E-state index in [1.54, 1.807) is 10.7 Å². The van der Waals surface area contributed by atoms with Gasteiger partial charge >= 0.3 is 0 Å². The van der Waals surface area contributed by atoms with Crippen LogP contribution in [0, 0.1) is 6.92 Å². The average molecular weight is 343 g/mol. The van der Waals surface area contributed by atoms with E-state index < -0.39 is 0 Å². The molecule has 0 spiro atoms. The van der Waals surface area contributed by atoms with Gasteiger partial charge in [-0.25, -0.2) is 4.68 Å². The second-order valence-corrected chi connectivity index (χ2v) is 5.81. The van der Waals surface area contributed by atoms with Crippen LogP contribution in [-0.2, 0) is 6.54 Å². The Hall–Kier alpha value is -1.57. The van der Waals surface area contributed by atoms with E-state index in [0.29, 0.717) is 44.8 Å². The summed E-state index contributed by atoms with van der Waals surface area (Å²) in [6, 6.07) is 1.64. The number of nitrogen functional groups attached to an aromatic ring is 1. The molecule has 9 heteroatoms. The monoisotopic (exact) mass is 342 g/mol. The molecule has 0 aliphatic carbocycles. The van der Waals surface area contributed by atoms with E-state index in [2.05, 4.69) is 19.2 Å². The average Bonchev–Trinajstić information content (AvgIpc) is 3.03. The van der Waals surface area contributed by atoms with E-state index in [-0.39, 0.29) is 0 Å². The third-order valence-electron chi connectivity index (χ3n) is 3.16. The lowest BCUT2D eigenvalue weighted by Crippen LogP contribution is -2.05. The Morgan fingerprint density at radius 2 is 2.00 bits per heavy atom. The van der Waals surface area contributed by atoms with Crippen molar-refractivity contribution in [3.05, 3.63) is 21.8 Å². The maximum atomic E-state index is 6.29. The molecule has 6 nitrogen and oxygen atoms in total. The number of anilines is 3.